The molecular formula is C18H28N2O5S. The highest BCUT2D eigenvalue weighted by atomic mass is 32.2. The van der Waals surface area contributed by atoms with Crippen molar-refractivity contribution in [2.75, 3.05) is 0 Å². The third-order valence-electron chi connectivity index (χ3n) is 5.39. The predicted octanol–water partition coefficient (Wildman–Crippen LogP) is 2.23. The van der Waals surface area contributed by atoms with Crippen LogP contribution in [-0.2, 0) is 19.6 Å². The fraction of sp³-hybridized carbons (Fsp3) is 0.778. The predicted molar refractivity (Wildman–Crippen MR) is 96.8 cm³/mol. The molecule has 0 spiro atoms. The minimum absolute atomic E-state index is 0.312. The molecule has 3 saturated carbocycles. The summed E-state index contributed by atoms with van der Waals surface area (Å²) in [5.41, 5.74) is -2.01. The summed E-state index contributed by atoms with van der Waals surface area (Å²) >= 11 is 0. The van der Waals surface area contributed by atoms with E-state index in [2.05, 4.69) is 16.6 Å². The Kier molecular flexibility index (Phi) is 4.41. The van der Waals surface area contributed by atoms with Crippen LogP contribution in [0.25, 0.3) is 0 Å². The smallest absolute Gasteiger partial charge is 0.408 e. The molecule has 3 aliphatic carbocycles. The second-order valence-corrected chi connectivity index (χ2v) is 11.0. The van der Waals surface area contributed by atoms with Crippen molar-refractivity contribution in [3.63, 3.8) is 0 Å². The Labute approximate surface area is 155 Å². The van der Waals surface area contributed by atoms with Gasteiger partial charge in [-0.1, -0.05) is 18.9 Å². The third kappa shape index (κ3) is 3.75. The highest BCUT2D eigenvalue weighted by Gasteiger charge is 2.63. The Bertz CT molecular complexity index is 731. The van der Waals surface area contributed by atoms with Crippen LogP contribution >= 0.6 is 0 Å². The molecule has 0 aromatic heterocycles. The normalized spacial score (nSPS) is 29.4. The Morgan fingerprint density at radius 1 is 1.27 bits per heavy atom. The lowest BCUT2D eigenvalue weighted by atomic mass is 10.2. The van der Waals surface area contributed by atoms with E-state index in [1.807, 2.05) is 0 Å². The number of nitrogens with one attached hydrogen (secondary N) is 2. The first-order chi connectivity index (χ1) is 11.9. The van der Waals surface area contributed by atoms with Crippen LogP contribution in [0.3, 0.4) is 0 Å². The van der Waals surface area contributed by atoms with Gasteiger partial charge in [-0.15, -0.1) is 6.58 Å². The molecule has 2 amide bonds. The van der Waals surface area contributed by atoms with Gasteiger partial charge in [0, 0.05) is 5.92 Å². The fourth-order valence-corrected chi connectivity index (χ4v) is 5.15. The van der Waals surface area contributed by atoms with Crippen LogP contribution < -0.4 is 10.0 Å². The zero-order chi connectivity index (χ0) is 19.4. The largest absolute Gasteiger partial charge is 0.444 e. The van der Waals surface area contributed by atoms with Crippen LogP contribution in [0, 0.1) is 11.8 Å². The summed E-state index contributed by atoms with van der Waals surface area (Å²) < 4.78 is 32.2. The summed E-state index contributed by atoms with van der Waals surface area (Å²) in [6.07, 6.45) is 5.04. The van der Waals surface area contributed by atoms with Gasteiger partial charge in [0.1, 0.15) is 11.1 Å². The molecule has 0 saturated heterocycles. The van der Waals surface area contributed by atoms with Gasteiger partial charge in [-0.05, 0) is 52.4 Å². The number of rotatable bonds is 7. The Hall–Kier alpha value is -1.57. The highest BCUT2D eigenvalue weighted by Crippen LogP contribution is 2.53. The molecule has 2 unspecified atom stereocenters. The molecule has 7 nitrogen and oxygen atoms in total. The summed E-state index contributed by atoms with van der Waals surface area (Å²) in [5.74, 6) is -0.556. The average molecular weight is 384 g/mol. The maximum absolute atomic E-state index is 12.8. The monoisotopic (exact) mass is 384 g/mol. The quantitative estimate of drug-likeness (QED) is 0.656. The van der Waals surface area contributed by atoms with Crippen molar-refractivity contribution >= 4 is 22.0 Å². The fourth-order valence-electron chi connectivity index (χ4n) is 3.41. The molecule has 3 aliphatic rings. The van der Waals surface area contributed by atoms with Crippen LogP contribution in [0.5, 0.6) is 0 Å². The van der Waals surface area contributed by atoms with Crippen LogP contribution in [0.4, 0.5) is 4.79 Å². The molecule has 146 valence electrons. The summed E-state index contributed by atoms with van der Waals surface area (Å²) in [6, 6.07) is 0. The zero-order valence-electron chi connectivity index (χ0n) is 15.6. The van der Waals surface area contributed by atoms with Crippen LogP contribution in [0.1, 0.15) is 59.3 Å². The number of amides is 2. The van der Waals surface area contributed by atoms with Gasteiger partial charge in [-0.2, -0.15) is 0 Å². The standard InChI is InChI=1S/C18H28N2O5S/c1-5-13-11-18(13,19-15(22)25-16(2,3)4)14(21)20-26(23,24)17(8-9-17)10-12-6-7-12/h5,12-13H,1,6-11H2,2-4H3,(H,19,22)(H,20,21). The van der Waals surface area contributed by atoms with Crippen molar-refractivity contribution in [2.24, 2.45) is 11.8 Å². The van der Waals surface area contributed by atoms with Gasteiger partial charge in [-0.3, -0.25) is 9.52 Å². The molecule has 2 N–H and O–H groups in total. The van der Waals surface area contributed by atoms with Crippen molar-refractivity contribution in [3.05, 3.63) is 12.7 Å². The molecule has 0 aromatic carbocycles. The first-order valence-electron chi connectivity index (χ1n) is 9.14. The second-order valence-electron chi connectivity index (χ2n) is 8.91. The van der Waals surface area contributed by atoms with E-state index in [9.17, 15) is 18.0 Å². The summed E-state index contributed by atoms with van der Waals surface area (Å²) in [5, 5.41) is 2.56. The van der Waals surface area contributed by atoms with Gasteiger partial charge in [0.25, 0.3) is 5.91 Å². The number of alkyl carbamates (subject to hydrolysis) is 1. The number of carbonyl (C=O) groups is 2. The third-order valence-corrected chi connectivity index (χ3v) is 7.56. The van der Waals surface area contributed by atoms with Crippen molar-refractivity contribution in [3.8, 4) is 0 Å². The van der Waals surface area contributed by atoms with Gasteiger partial charge in [0.05, 0.1) is 4.75 Å². The molecule has 3 fully saturated rings. The van der Waals surface area contributed by atoms with Crippen LogP contribution in [0.15, 0.2) is 12.7 Å². The molecule has 2 atom stereocenters. The first kappa shape index (κ1) is 19.2. The molecule has 0 heterocycles. The number of carbonyl (C=O) groups excluding carboxylic acids is 2. The number of sulfonamides is 1. The lowest BCUT2D eigenvalue weighted by molar-refractivity contribution is -0.122. The topological polar surface area (TPSA) is 102 Å². The lowest BCUT2D eigenvalue weighted by Gasteiger charge is -2.24. The van der Waals surface area contributed by atoms with Crippen molar-refractivity contribution in [1.29, 1.82) is 0 Å². The molecule has 26 heavy (non-hydrogen) atoms. The van der Waals surface area contributed by atoms with Gasteiger partial charge in [0.2, 0.25) is 10.0 Å². The van der Waals surface area contributed by atoms with Gasteiger partial charge >= 0.3 is 6.09 Å². The van der Waals surface area contributed by atoms with Crippen LogP contribution in [-0.4, -0.2) is 36.3 Å². The lowest BCUT2D eigenvalue weighted by Crippen LogP contribution is -2.54. The molecule has 0 aliphatic heterocycles. The van der Waals surface area contributed by atoms with Gasteiger partial charge in [-0.25, -0.2) is 13.2 Å². The molecular weight excluding hydrogens is 356 g/mol. The minimum atomic E-state index is -3.77. The van der Waals surface area contributed by atoms with Gasteiger partial charge < -0.3 is 10.1 Å². The summed E-state index contributed by atoms with van der Waals surface area (Å²) in [4.78, 5) is 24.9. The van der Waals surface area contributed by atoms with Gasteiger partial charge in [0.15, 0.2) is 0 Å². The van der Waals surface area contributed by atoms with E-state index in [0.29, 0.717) is 31.6 Å². The molecule has 0 bridgehead atoms. The highest BCUT2D eigenvalue weighted by molar-refractivity contribution is 7.91. The molecule has 0 aromatic rings. The Balaban J connectivity index is 1.69. The van der Waals surface area contributed by atoms with E-state index >= 15 is 0 Å². The van der Waals surface area contributed by atoms with Crippen LogP contribution in [0.2, 0.25) is 0 Å². The van der Waals surface area contributed by atoms with Crippen molar-refractivity contribution < 1.29 is 22.7 Å². The summed E-state index contributed by atoms with van der Waals surface area (Å²) in [6.45, 7) is 8.82. The molecule has 8 heteroatoms. The van der Waals surface area contributed by atoms with E-state index < -0.39 is 37.9 Å². The molecule has 3 rings (SSSR count). The van der Waals surface area contributed by atoms with Crippen molar-refractivity contribution in [1.82, 2.24) is 10.0 Å². The van der Waals surface area contributed by atoms with E-state index in [4.69, 9.17) is 4.74 Å². The summed E-state index contributed by atoms with van der Waals surface area (Å²) in [7, 11) is -3.77. The number of hydrogen-bond donors (Lipinski definition) is 2. The molecule has 0 radical (unpaired) electrons. The number of ether oxygens (including phenoxy) is 1. The number of hydrogen-bond acceptors (Lipinski definition) is 5. The average Bonchev–Trinajstić information content (AvgIpc) is 3.34. The van der Waals surface area contributed by atoms with Crippen molar-refractivity contribution in [2.45, 2.75) is 75.2 Å². The van der Waals surface area contributed by atoms with E-state index in [1.54, 1.807) is 26.8 Å². The van der Waals surface area contributed by atoms with E-state index in [1.165, 1.54) is 0 Å². The minimum Gasteiger partial charge on any atom is -0.444 e. The maximum atomic E-state index is 12.8. The first-order valence-corrected chi connectivity index (χ1v) is 10.6. The van der Waals surface area contributed by atoms with E-state index in [0.717, 1.165) is 12.8 Å². The zero-order valence-corrected chi connectivity index (χ0v) is 16.4. The Morgan fingerprint density at radius 3 is 2.31 bits per heavy atom. The maximum Gasteiger partial charge on any atom is 0.408 e. The second kappa shape index (κ2) is 5.97. The SMILES string of the molecule is C=CC1CC1(NC(=O)OC(C)(C)C)C(=O)NS(=O)(=O)C1(CC2CC2)CC1. The Morgan fingerprint density at radius 2 is 1.88 bits per heavy atom. The van der Waals surface area contributed by atoms with E-state index in [-0.39, 0.29) is 5.92 Å².